The molecular formula is C15H19N3O2. The molecule has 5 nitrogen and oxygen atoms in total. The van der Waals surface area contributed by atoms with Crippen LogP contribution in [0.15, 0.2) is 18.2 Å². The Balaban J connectivity index is 2.24. The number of hydrogen-bond donors (Lipinski definition) is 2. The predicted octanol–water partition coefficient (Wildman–Crippen LogP) is 1.33. The molecule has 5 heteroatoms. The third-order valence-corrected chi connectivity index (χ3v) is 3.55. The lowest BCUT2D eigenvalue weighted by molar-refractivity contribution is -0.119. The molecule has 1 aromatic carbocycles. The fraction of sp³-hybridized carbons (Fsp3) is 0.467. The van der Waals surface area contributed by atoms with Gasteiger partial charge in [0.05, 0.1) is 17.7 Å². The number of benzene rings is 1. The fourth-order valence-electron chi connectivity index (χ4n) is 2.62. The quantitative estimate of drug-likeness (QED) is 0.871. The Hall–Kier alpha value is -2.06. The first-order valence-electron chi connectivity index (χ1n) is 6.75. The summed E-state index contributed by atoms with van der Waals surface area (Å²) in [4.78, 5) is 13.2. The minimum absolute atomic E-state index is 0.0293. The number of amides is 1. The SMILES string of the molecule is CC(=O)NC1CCN(c2cc(C#N)ccc2C(C)O)C1. The Bertz CT molecular complexity index is 549. The van der Waals surface area contributed by atoms with Gasteiger partial charge in [0.2, 0.25) is 5.91 Å². The van der Waals surface area contributed by atoms with Gasteiger partial charge in [0.25, 0.3) is 0 Å². The summed E-state index contributed by atoms with van der Waals surface area (Å²) < 4.78 is 0. The van der Waals surface area contributed by atoms with Crippen molar-refractivity contribution in [2.45, 2.75) is 32.4 Å². The van der Waals surface area contributed by atoms with E-state index in [1.165, 1.54) is 6.92 Å². The van der Waals surface area contributed by atoms with E-state index < -0.39 is 6.10 Å². The van der Waals surface area contributed by atoms with E-state index in [4.69, 9.17) is 5.26 Å². The van der Waals surface area contributed by atoms with Crippen LogP contribution in [-0.4, -0.2) is 30.1 Å². The molecule has 20 heavy (non-hydrogen) atoms. The maximum absolute atomic E-state index is 11.1. The standard InChI is InChI=1S/C15H19N3O2/c1-10(19)14-4-3-12(8-16)7-15(14)18-6-5-13(9-18)17-11(2)20/h3-4,7,10,13,19H,5-6,9H2,1-2H3,(H,17,20). The molecule has 0 radical (unpaired) electrons. The molecule has 1 heterocycles. The zero-order chi connectivity index (χ0) is 14.7. The highest BCUT2D eigenvalue weighted by Gasteiger charge is 2.25. The Morgan fingerprint density at radius 3 is 2.95 bits per heavy atom. The van der Waals surface area contributed by atoms with E-state index in [0.717, 1.165) is 24.2 Å². The first-order chi connectivity index (χ1) is 9.51. The third-order valence-electron chi connectivity index (χ3n) is 3.55. The Morgan fingerprint density at radius 2 is 2.35 bits per heavy atom. The van der Waals surface area contributed by atoms with Gasteiger partial charge in [0.1, 0.15) is 0 Å². The molecule has 0 aromatic heterocycles. The summed E-state index contributed by atoms with van der Waals surface area (Å²) in [6.45, 7) is 4.74. The van der Waals surface area contributed by atoms with Gasteiger partial charge in [-0.2, -0.15) is 5.26 Å². The summed E-state index contributed by atoms with van der Waals surface area (Å²) in [5.74, 6) is -0.0293. The van der Waals surface area contributed by atoms with Crippen molar-refractivity contribution in [2.75, 3.05) is 18.0 Å². The molecule has 1 aromatic rings. The van der Waals surface area contributed by atoms with Crippen molar-refractivity contribution in [2.24, 2.45) is 0 Å². The van der Waals surface area contributed by atoms with E-state index in [9.17, 15) is 9.90 Å². The van der Waals surface area contributed by atoms with Gasteiger partial charge in [0.15, 0.2) is 0 Å². The Labute approximate surface area is 118 Å². The summed E-state index contributed by atoms with van der Waals surface area (Å²) in [5.41, 5.74) is 2.27. The fourth-order valence-corrected chi connectivity index (χ4v) is 2.62. The van der Waals surface area contributed by atoms with Crippen LogP contribution in [0.3, 0.4) is 0 Å². The van der Waals surface area contributed by atoms with Gasteiger partial charge in [-0.1, -0.05) is 6.07 Å². The number of aliphatic hydroxyl groups is 1. The number of nitrogens with zero attached hydrogens (tertiary/aromatic N) is 2. The lowest BCUT2D eigenvalue weighted by Gasteiger charge is -2.23. The van der Waals surface area contributed by atoms with Crippen LogP contribution in [0.1, 0.15) is 37.5 Å². The molecule has 0 aliphatic carbocycles. The molecule has 1 aliphatic rings. The third kappa shape index (κ3) is 3.09. The van der Waals surface area contributed by atoms with Gasteiger partial charge >= 0.3 is 0 Å². The zero-order valence-electron chi connectivity index (χ0n) is 11.8. The van der Waals surface area contributed by atoms with Crippen molar-refractivity contribution in [3.05, 3.63) is 29.3 Å². The summed E-state index contributed by atoms with van der Waals surface area (Å²) in [6, 6.07) is 7.56. The van der Waals surface area contributed by atoms with Crippen molar-refractivity contribution >= 4 is 11.6 Å². The van der Waals surface area contributed by atoms with E-state index in [-0.39, 0.29) is 11.9 Å². The first kappa shape index (κ1) is 14.4. The number of carbonyl (C=O) groups is 1. The predicted molar refractivity (Wildman–Crippen MR) is 76.2 cm³/mol. The second kappa shape index (κ2) is 5.93. The highest BCUT2D eigenvalue weighted by molar-refractivity contribution is 5.73. The van der Waals surface area contributed by atoms with Crippen LogP contribution in [0.25, 0.3) is 0 Å². The molecule has 1 aliphatic heterocycles. The van der Waals surface area contributed by atoms with Gasteiger partial charge in [-0.25, -0.2) is 0 Å². The molecular weight excluding hydrogens is 254 g/mol. The number of hydrogen-bond acceptors (Lipinski definition) is 4. The maximum atomic E-state index is 11.1. The lowest BCUT2D eigenvalue weighted by Crippen LogP contribution is -2.35. The van der Waals surface area contributed by atoms with Gasteiger partial charge in [-0.15, -0.1) is 0 Å². The zero-order valence-corrected chi connectivity index (χ0v) is 11.8. The molecule has 2 atom stereocenters. The average Bonchev–Trinajstić information content (AvgIpc) is 2.85. The molecule has 2 unspecified atom stereocenters. The van der Waals surface area contributed by atoms with Crippen molar-refractivity contribution in [3.8, 4) is 6.07 Å². The van der Waals surface area contributed by atoms with Gasteiger partial charge in [-0.05, 0) is 25.5 Å². The van der Waals surface area contributed by atoms with E-state index in [0.29, 0.717) is 12.1 Å². The van der Waals surface area contributed by atoms with Crippen molar-refractivity contribution in [1.82, 2.24) is 5.32 Å². The molecule has 0 bridgehead atoms. The van der Waals surface area contributed by atoms with Gasteiger partial charge in [-0.3, -0.25) is 4.79 Å². The van der Waals surface area contributed by atoms with Crippen LogP contribution in [0.5, 0.6) is 0 Å². The second-order valence-electron chi connectivity index (χ2n) is 5.19. The van der Waals surface area contributed by atoms with Crippen LogP contribution < -0.4 is 10.2 Å². The first-order valence-corrected chi connectivity index (χ1v) is 6.75. The number of nitriles is 1. The summed E-state index contributed by atoms with van der Waals surface area (Å²) >= 11 is 0. The van der Waals surface area contributed by atoms with Crippen LogP contribution >= 0.6 is 0 Å². The summed E-state index contributed by atoms with van der Waals surface area (Å²) in [7, 11) is 0. The number of nitrogens with one attached hydrogen (secondary N) is 1. The second-order valence-corrected chi connectivity index (χ2v) is 5.19. The number of rotatable bonds is 3. The number of carbonyl (C=O) groups excluding carboxylic acids is 1. The molecule has 0 saturated carbocycles. The van der Waals surface area contributed by atoms with Crippen LogP contribution in [0.4, 0.5) is 5.69 Å². The summed E-state index contributed by atoms with van der Waals surface area (Å²) in [6.07, 6.45) is 0.285. The molecule has 2 N–H and O–H groups in total. The van der Waals surface area contributed by atoms with Crippen LogP contribution in [0.2, 0.25) is 0 Å². The largest absolute Gasteiger partial charge is 0.389 e. The molecule has 1 amide bonds. The van der Waals surface area contributed by atoms with Crippen molar-refractivity contribution in [3.63, 3.8) is 0 Å². The summed E-state index contributed by atoms with van der Waals surface area (Å²) in [5, 5.41) is 21.8. The Kier molecular flexibility index (Phi) is 4.26. The molecule has 1 saturated heterocycles. The van der Waals surface area contributed by atoms with Crippen molar-refractivity contribution < 1.29 is 9.90 Å². The highest BCUT2D eigenvalue weighted by Crippen LogP contribution is 2.30. The molecule has 1 fully saturated rings. The van der Waals surface area contributed by atoms with E-state index in [2.05, 4.69) is 16.3 Å². The topological polar surface area (TPSA) is 76.4 Å². The van der Waals surface area contributed by atoms with Crippen molar-refractivity contribution in [1.29, 1.82) is 5.26 Å². The maximum Gasteiger partial charge on any atom is 0.217 e. The van der Waals surface area contributed by atoms with Crippen LogP contribution in [-0.2, 0) is 4.79 Å². The number of aliphatic hydroxyl groups excluding tert-OH is 1. The minimum Gasteiger partial charge on any atom is -0.389 e. The Morgan fingerprint density at radius 1 is 1.60 bits per heavy atom. The average molecular weight is 273 g/mol. The van der Waals surface area contributed by atoms with E-state index >= 15 is 0 Å². The minimum atomic E-state index is -0.586. The molecule has 106 valence electrons. The molecule has 2 rings (SSSR count). The van der Waals surface area contributed by atoms with Crippen LogP contribution in [0, 0.1) is 11.3 Å². The highest BCUT2D eigenvalue weighted by atomic mass is 16.3. The van der Waals surface area contributed by atoms with Gasteiger partial charge in [0, 0.05) is 37.3 Å². The van der Waals surface area contributed by atoms with E-state index in [1.807, 2.05) is 0 Å². The molecule has 0 spiro atoms. The van der Waals surface area contributed by atoms with Gasteiger partial charge < -0.3 is 15.3 Å². The monoisotopic (exact) mass is 273 g/mol. The lowest BCUT2D eigenvalue weighted by atomic mass is 10.0. The van der Waals surface area contributed by atoms with E-state index in [1.54, 1.807) is 25.1 Å². The normalized spacial score (nSPS) is 19.5. The smallest absolute Gasteiger partial charge is 0.217 e. The number of anilines is 1.